The number of nitrogens with one attached hydrogen (secondary N) is 2. The first kappa shape index (κ1) is 21.2. The molecule has 0 radical (unpaired) electrons. The molecule has 0 aromatic heterocycles. The zero-order valence-electron chi connectivity index (χ0n) is 16.0. The van der Waals surface area contributed by atoms with Gasteiger partial charge in [-0.25, -0.2) is 0 Å². The third-order valence-corrected chi connectivity index (χ3v) is 5.32. The van der Waals surface area contributed by atoms with Gasteiger partial charge < -0.3 is 15.7 Å². The lowest BCUT2D eigenvalue weighted by Gasteiger charge is -2.39. The smallest absolute Gasteiger partial charge is 0.308 e. The quantitative estimate of drug-likeness (QED) is 0.677. The number of rotatable bonds is 6. The summed E-state index contributed by atoms with van der Waals surface area (Å²) in [6.45, 7) is 5.67. The number of carboxylic acids is 1. The van der Waals surface area contributed by atoms with Crippen LogP contribution in [0.1, 0.15) is 63.2 Å². The van der Waals surface area contributed by atoms with Gasteiger partial charge in [0.05, 0.1) is 22.0 Å². The van der Waals surface area contributed by atoms with Crippen molar-refractivity contribution < 1.29 is 19.5 Å². The molecule has 2 rings (SSSR count). The fourth-order valence-corrected chi connectivity index (χ4v) is 3.77. The molecule has 2 amide bonds. The number of hydrogen-bond acceptors (Lipinski definition) is 3. The van der Waals surface area contributed by atoms with Gasteiger partial charge in [-0.15, -0.1) is 0 Å². The second-order valence-electron chi connectivity index (χ2n) is 7.85. The summed E-state index contributed by atoms with van der Waals surface area (Å²) in [7, 11) is 0. The van der Waals surface area contributed by atoms with E-state index in [9.17, 15) is 19.5 Å². The van der Waals surface area contributed by atoms with E-state index in [-0.39, 0.29) is 22.4 Å². The van der Waals surface area contributed by atoms with Crippen molar-refractivity contribution in [3.63, 3.8) is 0 Å². The topological polar surface area (TPSA) is 95.5 Å². The van der Waals surface area contributed by atoms with Crippen LogP contribution in [0.4, 0.5) is 5.69 Å². The van der Waals surface area contributed by atoms with Gasteiger partial charge in [0.25, 0.3) is 5.91 Å². The summed E-state index contributed by atoms with van der Waals surface area (Å²) in [6.07, 6.45) is 3.20. The van der Waals surface area contributed by atoms with Crippen LogP contribution in [0.5, 0.6) is 0 Å². The third kappa shape index (κ3) is 5.45. The highest BCUT2D eigenvalue weighted by atomic mass is 35.5. The molecule has 1 aromatic rings. The predicted octanol–water partition coefficient (Wildman–Crippen LogP) is 4.09. The summed E-state index contributed by atoms with van der Waals surface area (Å²) in [5, 5.41) is 15.4. The van der Waals surface area contributed by atoms with E-state index in [1.54, 1.807) is 19.1 Å². The largest absolute Gasteiger partial charge is 0.481 e. The van der Waals surface area contributed by atoms with Crippen molar-refractivity contribution in [1.82, 2.24) is 5.32 Å². The molecule has 0 saturated heterocycles. The van der Waals surface area contributed by atoms with Gasteiger partial charge in [0.1, 0.15) is 0 Å². The van der Waals surface area contributed by atoms with Crippen molar-refractivity contribution in [3.8, 4) is 0 Å². The van der Waals surface area contributed by atoms with Crippen molar-refractivity contribution >= 4 is 35.1 Å². The minimum absolute atomic E-state index is 0.135. The van der Waals surface area contributed by atoms with Gasteiger partial charge in [-0.05, 0) is 43.9 Å². The van der Waals surface area contributed by atoms with Crippen molar-refractivity contribution in [2.24, 2.45) is 11.8 Å². The molecule has 7 heteroatoms. The summed E-state index contributed by atoms with van der Waals surface area (Å²) in [4.78, 5) is 36.4. The fourth-order valence-electron chi connectivity index (χ4n) is 3.57. The van der Waals surface area contributed by atoms with Gasteiger partial charge in [0, 0.05) is 12.1 Å². The molecule has 0 spiro atoms. The molecule has 0 heterocycles. The van der Waals surface area contributed by atoms with Crippen LogP contribution < -0.4 is 10.6 Å². The van der Waals surface area contributed by atoms with Crippen molar-refractivity contribution in [2.75, 3.05) is 5.32 Å². The number of anilines is 1. The maximum absolute atomic E-state index is 12.8. The third-order valence-electron chi connectivity index (χ3n) is 4.99. The Labute approximate surface area is 164 Å². The number of aliphatic carboxylic acids is 1. The summed E-state index contributed by atoms with van der Waals surface area (Å²) in [5.74, 6) is -1.89. The van der Waals surface area contributed by atoms with E-state index in [0.717, 1.165) is 12.8 Å². The van der Waals surface area contributed by atoms with E-state index >= 15 is 0 Å². The molecule has 3 N–H and O–H groups in total. The number of halogens is 1. The summed E-state index contributed by atoms with van der Waals surface area (Å²) >= 11 is 6.18. The molecule has 148 valence electrons. The van der Waals surface area contributed by atoms with Crippen molar-refractivity contribution in [1.29, 1.82) is 0 Å². The van der Waals surface area contributed by atoms with Crippen LogP contribution >= 0.6 is 11.6 Å². The highest BCUT2D eigenvalue weighted by Gasteiger charge is 2.42. The summed E-state index contributed by atoms with van der Waals surface area (Å²) in [5.41, 5.74) is -0.129. The lowest BCUT2D eigenvalue weighted by molar-refractivity contribution is -0.145. The highest BCUT2D eigenvalue weighted by Crippen LogP contribution is 2.34. The fraction of sp³-hybridized carbons (Fsp3) is 0.550. The number of benzene rings is 1. The van der Waals surface area contributed by atoms with Gasteiger partial charge in [0.2, 0.25) is 5.91 Å². The monoisotopic (exact) mass is 394 g/mol. The van der Waals surface area contributed by atoms with Gasteiger partial charge in [-0.3, -0.25) is 14.4 Å². The molecule has 1 saturated carbocycles. The Morgan fingerprint density at radius 3 is 2.63 bits per heavy atom. The number of carboxylic acid groups (broad SMARTS) is 1. The van der Waals surface area contributed by atoms with E-state index in [2.05, 4.69) is 10.6 Å². The van der Waals surface area contributed by atoms with Crippen molar-refractivity contribution in [2.45, 2.75) is 58.4 Å². The molecule has 1 aliphatic carbocycles. The highest BCUT2D eigenvalue weighted by molar-refractivity contribution is 6.34. The SMILES string of the molecule is CC(C)CC(=O)Nc1ccc(Cl)c(C(=O)NC2(C)CCCCC2C(=O)O)c1. The Kier molecular flexibility index (Phi) is 6.87. The standard InChI is InChI=1S/C20H27ClN2O4/c1-12(2)10-17(24)22-13-7-8-16(21)14(11-13)18(25)23-20(3)9-5-4-6-15(20)19(26)27/h7-8,11-12,15H,4-6,9-10H2,1-3H3,(H,22,24)(H,23,25)(H,26,27). The molecular weight excluding hydrogens is 368 g/mol. The Morgan fingerprint density at radius 1 is 1.30 bits per heavy atom. The number of carbonyl (C=O) groups is 3. The maximum atomic E-state index is 12.8. The molecule has 1 aliphatic rings. The van der Waals surface area contributed by atoms with E-state index in [1.165, 1.54) is 6.07 Å². The van der Waals surface area contributed by atoms with Crippen LogP contribution in [0.2, 0.25) is 5.02 Å². The first-order chi connectivity index (χ1) is 12.6. The lowest BCUT2D eigenvalue weighted by atomic mass is 9.73. The molecule has 6 nitrogen and oxygen atoms in total. The number of hydrogen-bond donors (Lipinski definition) is 3. The molecule has 0 aliphatic heterocycles. The van der Waals surface area contributed by atoms with E-state index < -0.39 is 23.3 Å². The van der Waals surface area contributed by atoms with Crippen LogP contribution in [-0.2, 0) is 9.59 Å². The lowest BCUT2D eigenvalue weighted by Crippen LogP contribution is -2.55. The molecule has 0 bridgehead atoms. The van der Waals surface area contributed by atoms with Crippen LogP contribution in [-0.4, -0.2) is 28.4 Å². The van der Waals surface area contributed by atoms with Crippen molar-refractivity contribution in [3.05, 3.63) is 28.8 Å². The van der Waals surface area contributed by atoms with E-state index in [4.69, 9.17) is 11.6 Å². The van der Waals surface area contributed by atoms with Gasteiger partial charge in [-0.1, -0.05) is 38.3 Å². The van der Waals surface area contributed by atoms with Crippen LogP contribution in [0.3, 0.4) is 0 Å². The average Bonchev–Trinajstić information content (AvgIpc) is 2.55. The molecular formula is C20H27ClN2O4. The van der Waals surface area contributed by atoms with Crippen LogP contribution in [0.15, 0.2) is 18.2 Å². The minimum atomic E-state index is -0.904. The molecule has 27 heavy (non-hydrogen) atoms. The average molecular weight is 395 g/mol. The second kappa shape index (κ2) is 8.74. The predicted molar refractivity (Wildman–Crippen MR) is 105 cm³/mol. The Morgan fingerprint density at radius 2 is 2.00 bits per heavy atom. The molecule has 2 atom stereocenters. The molecule has 2 unspecified atom stereocenters. The first-order valence-electron chi connectivity index (χ1n) is 9.27. The minimum Gasteiger partial charge on any atom is -0.481 e. The van der Waals surface area contributed by atoms with Crippen LogP contribution in [0.25, 0.3) is 0 Å². The number of amides is 2. The Hall–Kier alpha value is -2.08. The van der Waals surface area contributed by atoms with Gasteiger partial charge in [0.15, 0.2) is 0 Å². The molecule has 1 aromatic carbocycles. The Balaban J connectivity index is 2.19. The summed E-state index contributed by atoms with van der Waals surface area (Å²) in [6, 6.07) is 4.72. The Bertz CT molecular complexity index is 735. The zero-order chi connectivity index (χ0) is 20.2. The maximum Gasteiger partial charge on any atom is 0.308 e. The number of carbonyl (C=O) groups excluding carboxylic acids is 2. The normalized spacial score (nSPS) is 22.3. The van der Waals surface area contributed by atoms with Gasteiger partial charge >= 0.3 is 5.97 Å². The van der Waals surface area contributed by atoms with Gasteiger partial charge in [-0.2, -0.15) is 0 Å². The second-order valence-corrected chi connectivity index (χ2v) is 8.26. The first-order valence-corrected chi connectivity index (χ1v) is 9.65. The molecule has 1 fully saturated rings. The summed E-state index contributed by atoms with van der Waals surface area (Å²) < 4.78 is 0. The van der Waals surface area contributed by atoms with E-state index in [1.807, 2.05) is 13.8 Å². The zero-order valence-corrected chi connectivity index (χ0v) is 16.7. The van der Waals surface area contributed by atoms with E-state index in [0.29, 0.717) is 24.9 Å². The van der Waals surface area contributed by atoms with Crippen LogP contribution in [0, 0.1) is 11.8 Å².